The van der Waals surface area contributed by atoms with E-state index in [1.807, 2.05) is 25.9 Å². The average molecular weight is 1170 g/mol. The van der Waals surface area contributed by atoms with Crippen LogP contribution in [-0.4, -0.2) is 80.9 Å². The number of rotatable bonds is 45. The molecule has 3 atom stereocenters. The van der Waals surface area contributed by atoms with Crippen LogP contribution in [0.2, 0.25) is 0 Å². The molecule has 0 aromatic carbocycles. The normalized spacial score (nSPS) is 15.6. The summed E-state index contributed by atoms with van der Waals surface area (Å²) in [4.78, 5) is 69.9. The fourth-order valence-corrected chi connectivity index (χ4v) is 10.5. The largest absolute Gasteiger partial charge is 0.498 e. The topological polar surface area (TPSA) is 133 Å². The smallest absolute Gasteiger partial charge is 0.306 e. The van der Waals surface area contributed by atoms with E-state index in [4.69, 9.17) is 19.0 Å². The Morgan fingerprint density at radius 1 is 0.506 bits per heavy atom. The fourth-order valence-electron chi connectivity index (χ4n) is 10.5. The first-order chi connectivity index (χ1) is 40.3. The van der Waals surface area contributed by atoms with Crippen LogP contribution in [0.4, 0.5) is 0 Å². The monoisotopic (exact) mass is 1170 g/mol. The van der Waals surface area contributed by atoms with Crippen molar-refractivity contribution in [2.45, 2.75) is 331 Å². The Morgan fingerprint density at radius 3 is 1.33 bits per heavy atom. The average Bonchev–Trinajstić information content (AvgIpc) is 4.40. The Morgan fingerprint density at radius 2 is 0.916 bits per heavy atom. The van der Waals surface area contributed by atoms with Gasteiger partial charge in [-0.1, -0.05) is 233 Å². The molecule has 2 aliphatic carbocycles. The van der Waals surface area contributed by atoms with Crippen molar-refractivity contribution in [3.8, 4) is 0 Å². The summed E-state index contributed by atoms with van der Waals surface area (Å²) in [5.74, 6) is 2.17. The van der Waals surface area contributed by atoms with E-state index in [2.05, 4.69) is 59.7 Å². The molecule has 0 aromatic heterocycles. The lowest BCUT2D eigenvalue weighted by molar-refractivity contribution is -0.146. The van der Waals surface area contributed by atoms with Crippen LogP contribution in [0, 0.1) is 23.7 Å². The molecule has 0 amide bonds. The summed E-state index contributed by atoms with van der Waals surface area (Å²) in [6.45, 7) is 27.9. The van der Waals surface area contributed by atoms with E-state index < -0.39 is 0 Å². The summed E-state index contributed by atoms with van der Waals surface area (Å²) in [6, 6.07) is 0. The standard InChI is InChI=1S/C27H48O4.C18H32O3.C15H27NO.C9H20.C3H6.CH2O/c1-5-9-11-13-15-17-19-30-26(8-4)22-24(21-25(28)7-3)23-27(29)31-20-18-16-14-12-10-6-2;1-4-6-8-9-10-11-13-21-18(20)15-17(12-7-5-2)14-16(3)19;1-16-10-6-5-7-13(12-16)11-15(17)14-8-3-2-4-9-14;1-3-5-7-9-8-6-4-2;1-2-3-1;1-2/h7-8,24H,3,5-6,9-23H2,1-2,4H3;5,17H,2,4,6-15H2,1,3H3;13-14H,2-12H2,1H3;3-9H2,1-2H3;1-3H2;1H2/b26-8-;;;;;. The lowest BCUT2D eigenvalue weighted by Crippen LogP contribution is -2.27. The van der Waals surface area contributed by atoms with E-state index >= 15 is 0 Å². The first-order valence-corrected chi connectivity index (χ1v) is 34.7. The van der Waals surface area contributed by atoms with Crippen LogP contribution in [0.5, 0.6) is 0 Å². The molecular weight excluding hydrogens is 1030 g/mol. The number of carbonyl (C=O) groups is 6. The van der Waals surface area contributed by atoms with E-state index in [-0.39, 0.29) is 41.8 Å². The number of ether oxygens (including phenoxy) is 3. The van der Waals surface area contributed by atoms with Gasteiger partial charge in [-0.25, -0.2) is 0 Å². The Bertz CT molecular complexity index is 1530. The minimum Gasteiger partial charge on any atom is -0.498 e. The van der Waals surface area contributed by atoms with Crippen LogP contribution in [0.15, 0.2) is 37.1 Å². The number of carbonyl (C=O) groups excluding carboxylic acids is 6. The third kappa shape index (κ3) is 62.9. The minimum atomic E-state index is -0.221. The quantitative estimate of drug-likeness (QED) is 0.0191. The maximum atomic E-state index is 12.3. The highest BCUT2D eigenvalue weighted by Gasteiger charge is 2.26. The second-order valence-corrected chi connectivity index (χ2v) is 24.3. The number of allylic oxidation sites excluding steroid dienone is 4. The van der Waals surface area contributed by atoms with E-state index in [0.717, 1.165) is 63.7 Å². The van der Waals surface area contributed by atoms with Gasteiger partial charge in [0.2, 0.25) is 0 Å². The summed E-state index contributed by atoms with van der Waals surface area (Å²) >= 11 is 0. The molecule has 10 heteroatoms. The van der Waals surface area contributed by atoms with Crippen molar-refractivity contribution >= 4 is 36.1 Å². The molecule has 0 spiro atoms. The van der Waals surface area contributed by atoms with Crippen LogP contribution >= 0.6 is 0 Å². The van der Waals surface area contributed by atoms with Gasteiger partial charge in [0.15, 0.2) is 5.78 Å². The summed E-state index contributed by atoms with van der Waals surface area (Å²) in [5, 5.41) is 0. The molecule has 2 saturated carbocycles. The SMILES string of the molecule is C1CC1.C=CC(=O)CC(CC(=O)OCCCCCCCC)C/C(=C/C)OCCCCCCCC.C=CCCC(CC(C)=O)CC(=O)OCCCCCCCC.C=O.CCCCCCCCC.CN1CCCCC(CC(=O)C2CCCCC2)C1. The lowest BCUT2D eigenvalue weighted by Gasteiger charge is -2.24. The van der Waals surface area contributed by atoms with Crippen LogP contribution in [0.3, 0.4) is 0 Å². The van der Waals surface area contributed by atoms with Crippen LogP contribution in [0.1, 0.15) is 331 Å². The molecule has 1 saturated heterocycles. The molecule has 3 rings (SSSR count). The Kier molecular flexibility index (Phi) is 66.8. The fraction of sp³-hybridized carbons (Fsp3) is 0.836. The third-order valence-corrected chi connectivity index (χ3v) is 15.7. The number of esters is 2. The highest BCUT2D eigenvalue weighted by atomic mass is 16.5. The third-order valence-electron chi connectivity index (χ3n) is 15.7. The molecule has 0 radical (unpaired) electrons. The van der Waals surface area contributed by atoms with Gasteiger partial charge < -0.3 is 28.7 Å². The van der Waals surface area contributed by atoms with Gasteiger partial charge in [-0.15, -0.1) is 6.58 Å². The highest BCUT2D eigenvalue weighted by Crippen LogP contribution is 2.29. The van der Waals surface area contributed by atoms with Crippen LogP contribution in [0.25, 0.3) is 0 Å². The predicted octanol–water partition coefficient (Wildman–Crippen LogP) is 20.6. The van der Waals surface area contributed by atoms with Gasteiger partial charge in [0.1, 0.15) is 18.4 Å². The molecule has 10 nitrogen and oxygen atoms in total. The molecule has 0 bridgehead atoms. The van der Waals surface area contributed by atoms with Crippen LogP contribution in [-0.2, 0) is 43.0 Å². The van der Waals surface area contributed by atoms with Crippen molar-refractivity contribution in [1.29, 1.82) is 0 Å². The molecule has 3 fully saturated rings. The zero-order chi connectivity index (χ0) is 62.2. The van der Waals surface area contributed by atoms with E-state index in [9.17, 15) is 24.0 Å². The van der Waals surface area contributed by atoms with E-state index in [1.54, 1.807) is 6.92 Å². The summed E-state index contributed by atoms with van der Waals surface area (Å²) < 4.78 is 16.6. The van der Waals surface area contributed by atoms with Crippen molar-refractivity contribution in [1.82, 2.24) is 4.90 Å². The first kappa shape index (κ1) is 83.8. The molecule has 1 aliphatic heterocycles. The van der Waals surface area contributed by atoms with Gasteiger partial charge in [-0.05, 0) is 115 Å². The minimum absolute atomic E-state index is 0.0416. The highest BCUT2D eigenvalue weighted by molar-refractivity contribution is 5.89. The van der Waals surface area contributed by atoms with Gasteiger partial charge >= 0.3 is 11.9 Å². The van der Waals surface area contributed by atoms with Crippen molar-refractivity contribution in [2.24, 2.45) is 23.7 Å². The molecule has 0 N–H and O–H groups in total. The number of hydrogen-bond donors (Lipinski definition) is 0. The van der Waals surface area contributed by atoms with Gasteiger partial charge in [0.25, 0.3) is 0 Å². The van der Waals surface area contributed by atoms with E-state index in [0.29, 0.717) is 63.1 Å². The molecular formula is C73H135NO9. The van der Waals surface area contributed by atoms with Crippen molar-refractivity contribution in [2.75, 3.05) is 40.0 Å². The zero-order valence-corrected chi connectivity index (χ0v) is 55.9. The number of unbranched alkanes of at least 4 members (excludes halogenated alkanes) is 21. The lowest BCUT2D eigenvalue weighted by atomic mass is 9.82. The number of hydrogen-bond acceptors (Lipinski definition) is 10. The Hall–Kier alpha value is -3.40. The Labute approximate surface area is 513 Å². The second-order valence-electron chi connectivity index (χ2n) is 24.3. The summed E-state index contributed by atoms with van der Waals surface area (Å²) in [5.41, 5.74) is 0. The molecule has 83 heavy (non-hydrogen) atoms. The first-order valence-electron chi connectivity index (χ1n) is 34.7. The molecule has 0 aromatic rings. The zero-order valence-electron chi connectivity index (χ0n) is 55.9. The van der Waals surface area contributed by atoms with Gasteiger partial charge in [-0.3, -0.25) is 19.2 Å². The maximum Gasteiger partial charge on any atom is 0.306 e. The number of ketones is 3. The Balaban J connectivity index is -0.00000106. The second kappa shape index (κ2) is 66.1. The van der Waals surface area contributed by atoms with E-state index in [1.165, 1.54) is 212 Å². The number of Topliss-reactive ketones (excluding diaryl/α,β-unsaturated/α-hetero) is 2. The molecule has 3 unspecified atom stereocenters. The number of nitrogens with zero attached hydrogens (tertiary/aromatic N) is 1. The van der Waals surface area contributed by atoms with Crippen molar-refractivity contribution < 1.29 is 43.0 Å². The number of likely N-dealkylation sites (tertiary alicyclic amines) is 1. The molecule has 486 valence electrons. The summed E-state index contributed by atoms with van der Waals surface area (Å²) in [7, 11) is 2.20. The molecule has 1 heterocycles. The summed E-state index contributed by atoms with van der Waals surface area (Å²) in [6.07, 6.45) is 55.5. The predicted molar refractivity (Wildman–Crippen MR) is 353 cm³/mol. The van der Waals surface area contributed by atoms with Gasteiger partial charge in [0, 0.05) is 51.0 Å². The maximum absolute atomic E-state index is 12.3. The van der Waals surface area contributed by atoms with Crippen molar-refractivity contribution in [3.05, 3.63) is 37.1 Å². The molecule has 3 aliphatic rings. The van der Waals surface area contributed by atoms with Gasteiger partial charge in [0.05, 0.1) is 25.6 Å². The van der Waals surface area contributed by atoms with Gasteiger partial charge in [-0.2, -0.15) is 0 Å². The van der Waals surface area contributed by atoms with Crippen LogP contribution < -0.4 is 0 Å². The van der Waals surface area contributed by atoms with Crippen molar-refractivity contribution in [3.63, 3.8) is 0 Å².